The van der Waals surface area contributed by atoms with Gasteiger partial charge in [0.05, 0.1) is 12.9 Å². The summed E-state index contributed by atoms with van der Waals surface area (Å²) in [4.78, 5) is 12.4. The lowest BCUT2D eigenvalue weighted by Gasteiger charge is -2.29. The molecule has 1 aromatic heterocycles. The van der Waals surface area contributed by atoms with Gasteiger partial charge in [0.2, 0.25) is 5.91 Å². The second kappa shape index (κ2) is 10.8. The van der Waals surface area contributed by atoms with E-state index in [9.17, 15) is 4.79 Å². The molecule has 1 aliphatic carbocycles. The molecule has 0 bridgehead atoms. The number of thioether (sulfide) groups is 1. The molecule has 1 saturated carbocycles. The van der Waals surface area contributed by atoms with Crippen LogP contribution in [0.3, 0.4) is 0 Å². The van der Waals surface area contributed by atoms with Crippen molar-refractivity contribution in [3.05, 3.63) is 35.2 Å². The van der Waals surface area contributed by atoms with E-state index < -0.39 is 0 Å². The highest BCUT2D eigenvalue weighted by molar-refractivity contribution is 7.99. The maximum atomic E-state index is 12.4. The Bertz CT molecular complexity index is 852. The van der Waals surface area contributed by atoms with Gasteiger partial charge in [-0.25, -0.2) is 0 Å². The fourth-order valence-corrected chi connectivity index (χ4v) is 4.89. The number of amides is 1. The van der Waals surface area contributed by atoms with Crippen LogP contribution in [0.2, 0.25) is 0 Å². The molecule has 7 heteroatoms. The van der Waals surface area contributed by atoms with Crippen molar-refractivity contribution < 1.29 is 9.53 Å². The SMILES string of the molecule is COc1ccc(CCCc2nnc(SCC(=O)N[C@H]3CCCC[C@@H]3C)n2C)cc1C. The Hall–Kier alpha value is -2.02. The van der Waals surface area contributed by atoms with E-state index in [1.54, 1.807) is 7.11 Å². The Labute approximate surface area is 184 Å². The van der Waals surface area contributed by atoms with Crippen LogP contribution in [0.15, 0.2) is 23.4 Å². The maximum absolute atomic E-state index is 12.4. The van der Waals surface area contributed by atoms with Gasteiger partial charge in [-0.2, -0.15) is 0 Å². The molecule has 1 aliphatic rings. The van der Waals surface area contributed by atoms with Crippen molar-refractivity contribution in [1.29, 1.82) is 0 Å². The van der Waals surface area contributed by atoms with Crippen LogP contribution < -0.4 is 10.1 Å². The second-order valence-corrected chi connectivity index (χ2v) is 9.28. The van der Waals surface area contributed by atoms with E-state index in [0.29, 0.717) is 17.7 Å². The zero-order chi connectivity index (χ0) is 21.5. The Morgan fingerprint density at radius 1 is 1.27 bits per heavy atom. The van der Waals surface area contributed by atoms with Gasteiger partial charge in [0.15, 0.2) is 5.16 Å². The summed E-state index contributed by atoms with van der Waals surface area (Å²) in [6.07, 6.45) is 7.65. The standard InChI is InChI=1S/C23H34N4O2S/c1-16-8-5-6-10-19(16)24-22(28)15-30-23-26-25-21(27(23)3)11-7-9-18-12-13-20(29-4)17(2)14-18/h12-14,16,19H,5-11,15H2,1-4H3,(H,24,28)/t16-,19-/m0/s1. The van der Waals surface area contributed by atoms with Crippen LogP contribution in [0.4, 0.5) is 0 Å². The van der Waals surface area contributed by atoms with Crippen molar-refractivity contribution >= 4 is 17.7 Å². The quantitative estimate of drug-likeness (QED) is 0.607. The van der Waals surface area contributed by atoms with Crippen LogP contribution in [-0.4, -0.2) is 39.6 Å². The van der Waals surface area contributed by atoms with Gasteiger partial charge in [-0.15, -0.1) is 10.2 Å². The number of nitrogens with zero attached hydrogens (tertiary/aromatic N) is 3. The van der Waals surface area contributed by atoms with E-state index in [4.69, 9.17) is 4.74 Å². The lowest BCUT2D eigenvalue weighted by atomic mass is 9.86. The van der Waals surface area contributed by atoms with Crippen LogP contribution in [0.5, 0.6) is 5.75 Å². The molecule has 164 valence electrons. The van der Waals surface area contributed by atoms with Crippen molar-refractivity contribution in [2.75, 3.05) is 12.9 Å². The Balaban J connectivity index is 1.45. The number of rotatable bonds is 9. The molecule has 1 heterocycles. The average molecular weight is 431 g/mol. The van der Waals surface area contributed by atoms with Crippen LogP contribution in [-0.2, 0) is 24.7 Å². The number of benzene rings is 1. The maximum Gasteiger partial charge on any atom is 0.230 e. The van der Waals surface area contributed by atoms with Gasteiger partial charge in [-0.1, -0.05) is 43.7 Å². The van der Waals surface area contributed by atoms with Crippen molar-refractivity contribution in [1.82, 2.24) is 20.1 Å². The molecule has 2 aromatic rings. The minimum atomic E-state index is 0.0955. The highest BCUT2D eigenvalue weighted by Gasteiger charge is 2.23. The topological polar surface area (TPSA) is 69.0 Å². The summed E-state index contributed by atoms with van der Waals surface area (Å²) < 4.78 is 7.34. The first-order valence-electron chi connectivity index (χ1n) is 10.9. The third-order valence-corrected chi connectivity index (χ3v) is 7.06. The van der Waals surface area contributed by atoms with Crippen LogP contribution in [0, 0.1) is 12.8 Å². The number of carbonyl (C=O) groups excluding carboxylic acids is 1. The summed E-state index contributed by atoms with van der Waals surface area (Å²) in [5, 5.41) is 12.6. The highest BCUT2D eigenvalue weighted by atomic mass is 32.2. The summed E-state index contributed by atoms with van der Waals surface area (Å²) >= 11 is 1.47. The highest BCUT2D eigenvalue weighted by Crippen LogP contribution is 2.24. The molecule has 0 unspecified atom stereocenters. The Kier molecular flexibility index (Phi) is 8.19. The number of hydrogen-bond donors (Lipinski definition) is 1. The van der Waals surface area contributed by atoms with Gasteiger partial charge in [-0.05, 0) is 55.7 Å². The van der Waals surface area contributed by atoms with Crippen molar-refractivity contribution in [2.24, 2.45) is 13.0 Å². The van der Waals surface area contributed by atoms with Crippen LogP contribution >= 0.6 is 11.8 Å². The average Bonchev–Trinajstić information content (AvgIpc) is 3.08. The first-order valence-corrected chi connectivity index (χ1v) is 11.9. The predicted molar refractivity (Wildman–Crippen MR) is 121 cm³/mol. The van der Waals surface area contributed by atoms with Crippen LogP contribution in [0.25, 0.3) is 0 Å². The number of ether oxygens (including phenoxy) is 1. The fraction of sp³-hybridized carbons (Fsp3) is 0.609. The Morgan fingerprint density at radius 3 is 2.80 bits per heavy atom. The van der Waals surface area contributed by atoms with E-state index in [2.05, 4.69) is 41.5 Å². The zero-order valence-electron chi connectivity index (χ0n) is 18.6. The van der Waals surface area contributed by atoms with E-state index in [-0.39, 0.29) is 5.91 Å². The van der Waals surface area contributed by atoms with Crippen molar-refractivity contribution in [3.8, 4) is 5.75 Å². The van der Waals surface area contributed by atoms with E-state index >= 15 is 0 Å². The molecular formula is C23H34N4O2S. The minimum absolute atomic E-state index is 0.0955. The Morgan fingerprint density at radius 2 is 2.07 bits per heavy atom. The molecule has 0 saturated heterocycles. The normalized spacial score (nSPS) is 18.9. The smallest absolute Gasteiger partial charge is 0.230 e. The molecule has 0 aliphatic heterocycles. The summed E-state index contributed by atoms with van der Waals surface area (Å²) in [6, 6.07) is 6.66. The summed E-state index contributed by atoms with van der Waals surface area (Å²) in [7, 11) is 3.68. The molecule has 1 fully saturated rings. The number of aromatic nitrogens is 3. The largest absolute Gasteiger partial charge is 0.496 e. The molecule has 6 nitrogen and oxygen atoms in total. The summed E-state index contributed by atoms with van der Waals surface area (Å²) in [5.41, 5.74) is 2.46. The molecule has 1 amide bonds. The van der Waals surface area contributed by atoms with E-state index in [1.807, 2.05) is 17.7 Å². The number of methoxy groups -OCH3 is 1. The van der Waals surface area contributed by atoms with E-state index in [0.717, 1.165) is 48.0 Å². The third kappa shape index (κ3) is 6.00. The molecule has 1 N–H and O–H groups in total. The molecular weight excluding hydrogens is 396 g/mol. The second-order valence-electron chi connectivity index (χ2n) is 8.34. The summed E-state index contributed by atoms with van der Waals surface area (Å²) in [6.45, 7) is 4.30. The van der Waals surface area contributed by atoms with Gasteiger partial charge < -0.3 is 14.6 Å². The van der Waals surface area contributed by atoms with Gasteiger partial charge >= 0.3 is 0 Å². The lowest BCUT2D eigenvalue weighted by molar-refractivity contribution is -0.119. The van der Waals surface area contributed by atoms with Gasteiger partial charge in [-0.3, -0.25) is 4.79 Å². The van der Waals surface area contributed by atoms with Crippen LogP contribution in [0.1, 0.15) is 56.0 Å². The minimum Gasteiger partial charge on any atom is -0.496 e. The zero-order valence-corrected chi connectivity index (χ0v) is 19.4. The number of aryl methyl sites for hydroxylation is 3. The molecule has 30 heavy (non-hydrogen) atoms. The fourth-order valence-electron chi connectivity index (χ4n) is 4.14. The van der Waals surface area contributed by atoms with Gasteiger partial charge in [0.25, 0.3) is 0 Å². The molecule has 0 spiro atoms. The summed E-state index contributed by atoms with van der Waals surface area (Å²) in [5.74, 6) is 2.95. The van der Waals surface area contributed by atoms with Crippen molar-refractivity contribution in [2.45, 2.75) is 70.0 Å². The van der Waals surface area contributed by atoms with E-state index in [1.165, 1.54) is 36.6 Å². The van der Waals surface area contributed by atoms with Crippen molar-refractivity contribution in [3.63, 3.8) is 0 Å². The molecule has 1 aromatic carbocycles. The molecule has 0 radical (unpaired) electrons. The first-order chi connectivity index (χ1) is 14.5. The molecule has 2 atom stereocenters. The predicted octanol–water partition coefficient (Wildman–Crippen LogP) is 4.09. The number of nitrogens with one attached hydrogen (secondary N) is 1. The molecule has 3 rings (SSSR count). The van der Waals surface area contributed by atoms with Gasteiger partial charge in [0, 0.05) is 19.5 Å². The monoisotopic (exact) mass is 430 g/mol. The first kappa shape index (κ1) is 22.7. The lowest BCUT2D eigenvalue weighted by Crippen LogP contribution is -2.41. The number of hydrogen-bond acceptors (Lipinski definition) is 5. The van der Waals surface area contributed by atoms with Gasteiger partial charge in [0.1, 0.15) is 11.6 Å². The third-order valence-electron chi connectivity index (χ3n) is 6.04. The number of carbonyl (C=O) groups is 1.